The predicted octanol–water partition coefficient (Wildman–Crippen LogP) is 2.29. The van der Waals surface area contributed by atoms with Crippen LogP contribution in [-0.4, -0.2) is 12.5 Å². The van der Waals surface area contributed by atoms with Gasteiger partial charge >= 0.3 is 7.48 Å². The molecule has 0 saturated carbocycles. The van der Waals surface area contributed by atoms with Crippen molar-refractivity contribution < 1.29 is 5.02 Å². The Bertz CT molecular complexity index is 630. The van der Waals surface area contributed by atoms with Crippen molar-refractivity contribution in [2.24, 2.45) is 0 Å². The quantitative estimate of drug-likeness (QED) is 0.612. The van der Waals surface area contributed by atoms with Gasteiger partial charge in [-0.1, -0.05) is 36.4 Å². The molecule has 0 aliphatic rings. The molecule has 3 heteroatoms. The third-order valence-electron chi connectivity index (χ3n) is 2.57. The summed E-state index contributed by atoms with van der Waals surface area (Å²) in [7, 11) is 1.18. The summed E-state index contributed by atoms with van der Waals surface area (Å²) in [5, 5.41) is 11.6. The maximum absolute atomic E-state index is 9.14. The Morgan fingerprint density at radius 2 is 1.73 bits per heavy atom. The van der Waals surface area contributed by atoms with Crippen LogP contribution in [0.1, 0.15) is 0 Å². The lowest BCUT2D eigenvalue weighted by molar-refractivity contribution is 0.616. The number of hydrogen-bond acceptors (Lipinski definition) is 2. The normalized spacial score (nSPS) is 11.0. The Kier molecular flexibility index (Phi) is 2.01. The standard InChI is InChI=1S/C12H8BOS/c14-13-10-6-3-5-9-8-4-1-2-7-11(8)15-12(9)10/h1-7,14H. The minimum Gasteiger partial charge on any atom is -0.450 e. The second-order valence-electron chi connectivity index (χ2n) is 3.45. The highest BCUT2D eigenvalue weighted by atomic mass is 32.1. The Labute approximate surface area is 92.3 Å². The van der Waals surface area contributed by atoms with Crippen LogP contribution in [-0.2, 0) is 0 Å². The topological polar surface area (TPSA) is 20.2 Å². The van der Waals surface area contributed by atoms with E-state index < -0.39 is 0 Å². The lowest BCUT2D eigenvalue weighted by atomic mass is 9.88. The smallest absolute Gasteiger partial charge is 0.328 e. The number of benzene rings is 2. The van der Waals surface area contributed by atoms with Crippen molar-refractivity contribution in [2.45, 2.75) is 0 Å². The van der Waals surface area contributed by atoms with Crippen molar-refractivity contribution in [2.75, 3.05) is 0 Å². The molecule has 0 aliphatic heterocycles. The fourth-order valence-corrected chi connectivity index (χ4v) is 3.05. The molecular formula is C12H8BOS. The minimum atomic E-state index is 0.897. The number of rotatable bonds is 1. The van der Waals surface area contributed by atoms with E-state index in [0.717, 1.165) is 10.2 Å². The van der Waals surface area contributed by atoms with Gasteiger partial charge in [-0.3, -0.25) is 0 Å². The molecule has 1 heterocycles. The van der Waals surface area contributed by atoms with Gasteiger partial charge in [0.15, 0.2) is 0 Å². The van der Waals surface area contributed by atoms with E-state index in [0.29, 0.717) is 0 Å². The first kappa shape index (κ1) is 8.95. The maximum Gasteiger partial charge on any atom is 0.328 e. The first-order valence-corrected chi connectivity index (χ1v) is 5.59. The molecule has 0 unspecified atom stereocenters. The number of thiophene rings is 1. The summed E-state index contributed by atoms with van der Waals surface area (Å²) >= 11 is 1.72. The average Bonchev–Trinajstić information content (AvgIpc) is 2.67. The van der Waals surface area contributed by atoms with Crippen LogP contribution in [0.15, 0.2) is 42.5 Å². The highest BCUT2D eigenvalue weighted by molar-refractivity contribution is 7.26. The molecule has 3 rings (SSSR count). The van der Waals surface area contributed by atoms with E-state index in [9.17, 15) is 0 Å². The van der Waals surface area contributed by atoms with Gasteiger partial charge in [0, 0.05) is 14.8 Å². The van der Waals surface area contributed by atoms with Crippen LogP contribution in [0.25, 0.3) is 20.2 Å². The lowest BCUT2D eigenvalue weighted by Crippen LogP contribution is -2.12. The predicted molar refractivity (Wildman–Crippen MR) is 66.9 cm³/mol. The van der Waals surface area contributed by atoms with E-state index in [1.54, 1.807) is 11.3 Å². The van der Waals surface area contributed by atoms with Crippen molar-refractivity contribution in [3.63, 3.8) is 0 Å². The van der Waals surface area contributed by atoms with E-state index in [1.807, 2.05) is 24.3 Å². The van der Waals surface area contributed by atoms with E-state index in [1.165, 1.54) is 23.0 Å². The van der Waals surface area contributed by atoms with Gasteiger partial charge in [-0.15, -0.1) is 11.3 Å². The summed E-state index contributed by atoms with van der Waals surface area (Å²) in [4.78, 5) is 0. The van der Waals surface area contributed by atoms with Gasteiger partial charge in [0.25, 0.3) is 0 Å². The van der Waals surface area contributed by atoms with Crippen LogP contribution in [0.3, 0.4) is 0 Å². The number of hydrogen-bond donors (Lipinski definition) is 1. The van der Waals surface area contributed by atoms with Gasteiger partial charge in [0.05, 0.1) is 0 Å². The van der Waals surface area contributed by atoms with Crippen LogP contribution < -0.4 is 5.46 Å². The molecule has 0 spiro atoms. The van der Waals surface area contributed by atoms with Crippen molar-refractivity contribution in [1.29, 1.82) is 0 Å². The van der Waals surface area contributed by atoms with Crippen LogP contribution >= 0.6 is 11.3 Å². The molecule has 15 heavy (non-hydrogen) atoms. The first-order valence-electron chi connectivity index (χ1n) is 4.78. The second kappa shape index (κ2) is 3.37. The lowest BCUT2D eigenvalue weighted by Gasteiger charge is -1.95. The molecule has 0 atom stereocenters. The van der Waals surface area contributed by atoms with Gasteiger partial charge in [-0.2, -0.15) is 0 Å². The zero-order chi connectivity index (χ0) is 10.3. The highest BCUT2D eigenvalue weighted by Crippen LogP contribution is 2.31. The molecule has 1 N–H and O–H groups in total. The zero-order valence-electron chi connectivity index (χ0n) is 7.97. The van der Waals surface area contributed by atoms with E-state index in [-0.39, 0.29) is 0 Å². The van der Waals surface area contributed by atoms with E-state index in [2.05, 4.69) is 18.2 Å². The van der Waals surface area contributed by atoms with Crippen LogP contribution in [0.5, 0.6) is 0 Å². The first-order chi connectivity index (χ1) is 7.40. The van der Waals surface area contributed by atoms with Gasteiger partial charge < -0.3 is 5.02 Å². The van der Waals surface area contributed by atoms with Crippen molar-refractivity contribution >= 4 is 44.5 Å². The van der Waals surface area contributed by atoms with Gasteiger partial charge in [0.1, 0.15) is 0 Å². The monoisotopic (exact) mass is 211 g/mol. The van der Waals surface area contributed by atoms with Crippen molar-refractivity contribution in [1.82, 2.24) is 0 Å². The van der Waals surface area contributed by atoms with Crippen molar-refractivity contribution in [3.05, 3.63) is 42.5 Å². The molecule has 0 fully saturated rings. The molecule has 1 aromatic heterocycles. The summed E-state index contributed by atoms with van der Waals surface area (Å²) in [6, 6.07) is 14.3. The molecule has 0 aliphatic carbocycles. The third kappa shape index (κ3) is 1.28. The maximum atomic E-state index is 9.14. The van der Waals surface area contributed by atoms with Crippen LogP contribution in [0.4, 0.5) is 0 Å². The Balaban J connectivity index is 2.53. The molecule has 0 saturated heterocycles. The molecule has 71 valence electrons. The summed E-state index contributed by atoms with van der Waals surface area (Å²) in [6.45, 7) is 0. The van der Waals surface area contributed by atoms with Gasteiger partial charge in [-0.05, 0) is 16.9 Å². The second-order valence-corrected chi connectivity index (χ2v) is 4.50. The Hall–Kier alpha value is -1.32. The summed E-state index contributed by atoms with van der Waals surface area (Å²) in [5.74, 6) is 0. The summed E-state index contributed by atoms with van der Waals surface area (Å²) < 4.78 is 2.42. The van der Waals surface area contributed by atoms with Crippen molar-refractivity contribution in [3.8, 4) is 0 Å². The molecule has 3 aromatic rings. The fourth-order valence-electron chi connectivity index (χ4n) is 1.87. The Morgan fingerprint density at radius 3 is 2.60 bits per heavy atom. The molecular weight excluding hydrogens is 203 g/mol. The molecule has 2 aromatic carbocycles. The largest absolute Gasteiger partial charge is 0.450 e. The fraction of sp³-hybridized carbons (Fsp3) is 0. The Morgan fingerprint density at radius 1 is 0.933 bits per heavy atom. The molecule has 1 nitrogen and oxygen atoms in total. The van der Waals surface area contributed by atoms with Gasteiger partial charge in [0.2, 0.25) is 0 Å². The van der Waals surface area contributed by atoms with Gasteiger partial charge in [-0.25, -0.2) is 0 Å². The molecule has 1 radical (unpaired) electrons. The van der Waals surface area contributed by atoms with E-state index in [4.69, 9.17) is 5.02 Å². The minimum absolute atomic E-state index is 0.897. The van der Waals surface area contributed by atoms with E-state index >= 15 is 0 Å². The summed E-state index contributed by atoms with van der Waals surface area (Å²) in [5.41, 5.74) is 0.897. The molecule has 0 bridgehead atoms. The third-order valence-corrected chi connectivity index (χ3v) is 3.81. The summed E-state index contributed by atoms with van der Waals surface area (Å²) in [6.07, 6.45) is 0. The van der Waals surface area contributed by atoms with Crippen LogP contribution in [0.2, 0.25) is 0 Å². The zero-order valence-corrected chi connectivity index (χ0v) is 8.79. The average molecular weight is 211 g/mol. The SMILES string of the molecule is O[B]c1cccc2c1sc1ccccc12. The van der Waals surface area contributed by atoms with Crippen LogP contribution in [0, 0.1) is 0 Å². The molecule has 0 amide bonds. The highest BCUT2D eigenvalue weighted by Gasteiger charge is 2.07. The number of fused-ring (bicyclic) bond motifs is 3.